The topological polar surface area (TPSA) is 131 Å². The van der Waals surface area contributed by atoms with Crippen LogP contribution in [0.5, 0.6) is 0 Å². The number of amides is 3. The minimum Gasteiger partial charge on any atom is -0.444 e. The lowest BCUT2D eigenvalue weighted by atomic mass is 10.1. The summed E-state index contributed by atoms with van der Waals surface area (Å²) in [5.74, 6) is -2.07. The van der Waals surface area contributed by atoms with Gasteiger partial charge in [-0.2, -0.15) is 0 Å². The Morgan fingerprint density at radius 2 is 1.85 bits per heavy atom. The second-order valence-electron chi connectivity index (χ2n) is 7.25. The lowest BCUT2D eigenvalue weighted by molar-refractivity contribution is -0.125. The van der Waals surface area contributed by atoms with Gasteiger partial charge in [0.05, 0.1) is 17.4 Å². The highest BCUT2D eigenvalue weighted by Crippen LogP contribution is 2.18. The van der Waals surface area contributed by atoms with Crippen molar-refractivity contribution in [3.8, 4) is 0 Å². The number of nitrogens with one attached hydrogen (secondary N) is 3. The monoisotopic (exact) mass is 397 g/mol. The number of hydrogen-bond acceptors (Lipinski definition) is 6. The molecule has 0 saturated carbocycles. The molecule has 10 heteroatoms. The molecule has 1 aliphatic heterocycles. The molecule has 1 saturated heterocycles. The Labute approximate surface area is 157 Å². The van der Waals surface area contributed by atoms with Crippen LogP contribution in [0.15, 0.2) is 24.3 Å². The van der Waals surface area contributed by atoms with Gasteiger partial charge in [0.1, 0.15) is 5.60 Å². The van der Waals surface area contributed by atoms with Gasteiger partial charge in [-0.3, -0.25) is 25.8 Å². The highest BCUT2D eigenvalue weighted by molar-refractivity contribution is 7.91. The molecule has 148 valence electrons. The van der Waals surface area contributed by atoms with Crippen LogP contribution in [-0.2, 0) is 19.4 Å². The van der Waals surface area contributed by atoms with Crippen LogP contribution < -0.4 is 16.2 Å². The van der Waals surface area contributed by atoms with Crippen molar-refractivity contribution >= 4 is 33.4 Å². The van der Waals surface area contributed by atoms with E-state index in [-0.39, 0.29) is 23.5 Å². The molecule has 1 aliphatic rings. The molecule has 1 heterocycles. The van der Waals surface area contributed by atoms with Crippen LogP contribution in [0.25, 0.3) is 0 Å². The van der Waals surface area contributed by atoms with Crippen LogP contribution in [0, 0.1) is 5.92 Å². The number of anilines is 1. The van der Waals surface area contributed by atoms with Crippen molar-refractivity contribution in [2.24, 2.45) is 5.92 Å². The fraction of sp³-hybridized carbons (Fsp3) is 0.471. The Bertz CT molecular complexity index is 844. The van der Waals surface area contributed by atoms with E-state index in [2.05, 4.69) is 16.2 Å². The maximum Gasteiger partial charge on any atom is 0.412 e. The molecule has 0 radical (unpaired) electrons. The van der Waals surface area contributed by atoms with E-state index in [1.807, 2.05) is 0 Å². The smallest absolute Gasteiger partial charge is 0.412 e. The Morgan fingerprint density at radius 3 is 2.44 bits per heavy atom. The summed E-state index contributed by atoms with van der Waals surface area (Å²) in [7, 11) is -3.19. The van der Waals surface area contributed by atoms with Crippen LogP contribution >= 0.6 is 0 Å². The number of carbonyl (C=O) groups excluding carboxylic acids is 3. The van der Waals surface area contributed by atoms with Crippen LogP contribution in [0.3, 0.4) is 0 Å². The number of benzene rings is 1. The van der Waals surface area contributed by atoms with Crippen LogP contribution in [-0.4, -0.2) is 43.4 Å². The van der Waals surface area contributed by atoms with E-state index in [1.54, 1.807) is 32.9 Å². The first-order chi connectivity index (χ1) is 12.5. The number of hydrogen-bond donors (Lipinski definition) is 3. The first kappa shape index (κ1) is 20.7. The third kappa shape index (κ3) is 6.55. The quantitative estimate of drug-likeness (QED) is 0.658. The van der Waals surface area contributed by atoms with E-state index >= 15 is 0 Å². The Hall–Kier alpha value is -2.62. The maximum atomic E-state index is 12.2. The fourth-order valence-corrected chi connectivity index (χ4v) is 4.20. The first-order valence-corrected chi connectivity index (χ1v) is 10.2. The molecule has 1 aromatic carbocycles. The number of hydrazine groups is 1. The van der Waals surface area contributed by atoms with E-state index in [9.17, 15) is 22.8 Å². The summed E-state index contributed by atoms with van der Waals surface area (Å²) in [6.45, 7) is 5.19. The molecular formula is C17H23N3O6S. The molecule has 2 rings (SSSR count). The van der Waals surface area contributed by atoms with E-state index in [4.69, 9.17) is 4.74 Å². The molecule has 3 N–H and O–H groups in total. The van der Waals surface area contributed by atoms with Gasteiger partial charge in [-0.05, 0) is 45.4 Å². The molecule has 3 amide bonds. The molecule has 0 spiro atoms. The van der Waals surface area contributed by atoms with E-state index in [0.717, 1.165) is 0 Å². The molecule has 1 fully saturated rings. The van der Waals surface area contributed by atoms with E-state index in [1.165, 1.54) is 12.1 Å². The Balaban J connectivity index is 1.91. The molecule has 0 aliphatic carbocycles. The number of rotatable bonds is 3. The van der Waals surface area contributed by atoms with E-state index < -0.39 is 39.3 Å². The number of carbonyl (C=O) groups is 3. The molecule has 0 bridgehead atoms. The van der Waals surface area contributed by atoms with Crippen molar-refractivity contribution in [1.29, 1.82) is 0 Å². The maximum absolute atomic E-state index is 12.2. The van der Waals surface area contributed by atoms with Gasteiger partial charge in [0.25, 0.3) is 5.91 Å². The van der Waals surface area contributed by atoms with Crippen LogP contribution in [0.4, 0.5) is 10.5 Å². The molecule has 27 heavy (non-hydrogen) atoms. The zero-order valence-corrected chi connectivity index (χ0v) is 16.2. The lowest BCUT2D eigenvalue weighted by Gasteiger charge is -2.19. The average Bonchev–Trinajstić information content (AvgIpc) is 2.90. The summed E-state index contributed by atoms with van der Waals surface area (Å²) in [6.07, 6.45) is -0.421. The van der Waals surface area contributed by atoms with E-state index in [0.29, 0.717) is 5.69 Å². The normalized spacial score (nSPS) is 18.4. The number of ether oxygens (including phenoxy) is 1. The summed E-state index contributed by atoms with van der Waals surface area (Å²) in [5.41, 5.74) is 4.37. The van der Waals surface area contributed by atoms with Gasteiger partial charge >= 0.3 is 6.09 Å². The van der Waals surface area contributed by atoms with Crippen molar-refractivity contribution in [1.82, 2.24) is 10.9 Å². The molecule has 9 nitrogen and oxygen atoms in total. The van der Waals surface area contributed by atoms with Crippen molar-refractivity contribution in [3.63, 3.8) is 0 Å². The average molecular weight is 397 g/mol. The highest BCUT2D eigenvalue weighted by Gasteiger charge is 2.33. The van der Waals surface area contributed by atoms with Gasteiger partial charge in [0.15, 0.2) is 9.84 Å². The largest absolute Gasteiger partial charge is 0.444 e. The summed E-state index contributed by atoms with van der Waals surface area (Å²) in [5, 5.41) is 2.52. The molecule has 0 unspecified atom stereocenters. The zero-order chi connectivity index (χ0) is 20.2. The molecule has 0 aromatic heterocycles. The van der Waals surface area contributed by atoms with Crippen molar-refractivity contribution in [2.45, 2.75) is 32.8 Å². The predicted molar refractivity (Wildman–Crippen MR) is 98.7 cm³/mol. The summed E-state index contributed by atoms with van der Waals surface area (Å²) in [6, 6.07) is 6.07. The summed E-state index contributed by atoms with van der Waals surface area (Å²) in [4.78, 5) is 35.9. The lowest BCUT2D eigenvalue weighted by Crippen LogP contribution is -2.44. The van der Waals surface area contributed by atoms with Crippen LogP contribution in [0.1, 0.15) is 37.6 Å². The van der Waals surface area contributed by atoms with Crippen molar-refractivity contribution < 1.29 is 27.5 Å². The Morgan fingerprint density at radius 1 is 1.15 bits per heavy atom. The molecule has 1 atom stereocenters. The van der Waals surface area contributed by atoms with Crippen molar-refractivity contribution in [2.75, 3.05) is 16.8 Å². The standard InChI is InChI=1S/C17H23N3O6S/c1-17(2,3)26-16(23)18-13-6-4-5-11(9-13)14(21)19-20-15(22)12-7-8-27(24,25)10-12/h4-6,9,12H,7-8,10H2,1-3H3,(H,18,23)(H,19,21)(H,20,22)/t12-/m1/s1. The molecular weight excluding hydrogens is 374 g/mol. The molecule has 1 aromatic rings. The zero-order valence-electron chi connectivity index (χ0n) is 15.4. The van der Waals surface area contributed by atoms with Gasteiger partial charge in [-0.15, -0.1) is 0 Å². The third-order valence-electron chi connectivity index (χ3n) is 3.67. The third-order valence-corrected chi connectivity index (χ3v) is 5.44. The van der Waals surface area contributed by atoms with Gasteiger partial charge in [0.2, 0.25) is 5.91 Å². The minimum absolute atomic E-state index is 0.0303. The summed E-state index contributed by atoms with van der Waals surface area (Å²) < 4.78 is 27.9. The van der Waals surface area contributed by atoms with Gasteiger partial charge < -0.3 is 4.74 Å². The predicted octanol–water partition coefficient (Wildman–Crippen LogP) is 1.23. The second-order valence-corrected chi connectivity index (χ2v) is 9.48. The highest BCUT2D eigenvalue weighted by atomic mass is 32.2. The minimum atomic E-state index is -3.19. The van der Waals surface area contributed by atoms with Crippen molar-refractivity contribution in [3.05, 3.63) is 29.8 Å². The fourth-order valence-electron chi connectivity index (χ4n) is 2.45. The van der Waals surface area contributed by atoms with Gasteiger partial charge in [-0.25, -0.2) is 13.2 Å². The van der Waals surface area contributed by atoms with Gasteiger partial charge in [-0.1, -0.05) is 6.07 Å². The van der Waals surface area contributed by atoms with Crippen LogP contribution in [0.2, 0.25) is 0 Å². The first-order valence-electron chi connectivity index (χ1n) is 8.36. The SMILES string of the molecule is CC(C)(C)OC(=O)Nc1cccc(C(=O)NNC(=O)[C@@H]2CCS(=O)(=O)C2)c1. The van der Waals surface area contributed by atoms with Gasteiger partial charge in [0, 0.05) is 11.3 Å². The Kier molecular flexibility index (Phi) is 6.09. The number of sulfone groups is 1. The summed E-state index contributed by atoms with van der Waals surface area (Å²) >= 11 is 0. The second kappa shape index (κ2) is 7.95.